The Kier molecular flexibility index (Phi) is 3.76. The maximum absolute atomic E-state index is 5.72. The zero-order chi connectivity index (χ0) is 12.3. The molecule has 0 bridgehead atoms. The Labute approximate surface area is 109 Å². The zero-order valence-corrected chi connectivity index (χ0v) is 11.1. The van der Waals surface area contributed by atoms with Gasteiger partial charge < -0.3 is 10.5 Å². The maximum atomic E-state index is 5.72. The van der Waals surface area contributed by atoms with Crippen LogP contribution >= 0.6 is 15.9 Å². The molecule has 2 aromatic rings. The van der Waals surface area contributed by atoms with Gasteiger partial charge in [0.1, 0.15) is 5.75 Å². The Morgan fingerprint density at radius 1 is 1.29 bits per heavy atom. The van der Waals surface area contributed by atoms with Crippen molar-refractivity contribution in [3.05, 3.63) is 52.1 Å². The molecule has 0 spiro atoms. The second kappa shape index (κ2) is 5.29. The monoisotopic (exact) mass is 292 g/mol. The van der Waals surface area contributed by atoms with E-state index in [9.17, 15) is 0 Å². The van der Waals surface area contributed by atoms with Crippen molar-refractivity contribution < 1.29 is 4.74 Å². The zero-order valence-electron chi connectivity index (χ0n) is 9.48. The van der Waals surface area contributed by atoms with Crippen LogP contribution in [-0.2, 0) is 6.54 Å². The summed E-state index contributed by atoms with van der Waals surface area (Å²) in [6.45, 7) is 2.48. The lowest BCUT2D eigenvalue weighted by atomic mass is 10.2. The molecule has 2 rings (SSSR count). The molecule has 0 fully saturated rings. The number of hydrogen-bond acceptors (Lipinski definition) is 3. The third kappa shape index (κ3) is 3.05. The van der Waals surface area contributed by atoms with E-state index in [-0.39, 0.29) is 0 Å². The van der Waals surface area contributed by atoms with E-state index < -0.39 is 0 Å². The van der Waals surface area contributed by atoms with Crippen LogP contribution in [0.25, 0.3) is 0 Å². The van der Waals surface area contributed by atoms with Gasteiger partial charge in [0.25, 0.3) is 0 Å². The van der Waals surface area contributed by atoms with E-state index in [1.807, 2.05) is 37.3 Å². The van der Waals surface area contributed by atoms with Crippen molar-refractivity contribution >= 4 is 15.9 Å². The van der Waals surface area contributed by atoms with Crippen LogP contribution < -0.4 is 10.5 Å². The van der Waals surface area contributed by atoms with Gasteiger partial charge in [0, 0.05) is 23.3 Å². The number of pyridine rings is 1. The molecule has 3 nitrogen and oxygen atoms in total. The highest BCUT2D eigenvalue weighted by Gasteiger charge is 2.03. The fraction of sp³-hybridized carbons (Fsp3) is 0.154. The lowest BCUT2D eigenvalue weighted by Gasteiger charge is -2.08. The largest absolute Gasteiger partial charge is 0.439 e. The quantitative estimate of drug-likeness (QED) is 0.943. The van der Waals surface area contributed by atoms with Crippen LogP contribution in [0.15, 0.2) is 41.0 Å². The third-order valence-electron chi connectivity index (χ3n) is 2.39. The molecule has 1 aromatic carbocycles. The standard InChI is InChI=1S/C13H13BrN2O/c1-9-6-11(14)2-3-12(9)17-13-7-10(8-15)4-5-16-13/h2-7H,8,15H2,1H3. The van der Waals surface area contributed by atoms with Crippen LogP contribution in [0.4, 0.5) is 0 Å². The molecule has 0 aliphatic rings. The number of aryl methyl sites for hydroxylation is 1. The lowest BCUT2D eigenvalue weighted by molar-refractivity contribution is 0.458. The summed E-state index contributed by atoms with van der Waals surface area (Å²) >= 11 is 3.42. The molecule has 0 radical (unpaired) electrons. The minimum Gasteiger partial charge on any atom is -0.439 e. The van der Waals surface area contributed by atoms with Crippen LogP contribution in [0.1, 0.15) is 11.1 Å². The topological polar surface area (TPSA) is 48.1 Å². The molecule has 88 valence electrons. The lowest BCUT2D eigenvalue weighted by Crippen LogP contribution is -1.97. The van der Waals surface area contributed by atoms with Gasteiger partial charge in [0.2, 0.25) is 5.88 Å². The van der Waals surface area contributed by atoms with Gasteiger partial charge in [-0.2, -0.15) is 0 Å². The summed E-state index contributed by atoms with van der Waals surface area (Å²) in [6, 6.07) is 9.58. The number of nitrogens with two attached hydrogens (primary N) is 1. The van der Waals surface area contributed by atoms with E-state index in [0.29, 0.717) is 12.4 Å². The predicted molar refractivity (Wildman–Crippen MR) is 71.1 cm³/mol. The third-order valence-corrected chi connectivity index (χ3v) is 2.88. The summed E-state index contributed by atoms with van der Waals surface area (Å²) in [5, 5.41) is 0. The molecule has 2 N–H and O–H groups in total. The van der Waals surface area contributed by atoms with Gasteiger partial charge in [-0.25, -0.2) is 4.98 Å². The first-order valence-electron chi connectivity index (χ1n) is 5.28. The predicted octanol–water partition coefficient (Wildman–Crippen LogP) is 3.40. The first-order chi connectivity index (χ1) is 8.19. The molecule has 0 aliphatic heterocycles. The Hall–Kier alpha value is -1.39. The van der Waals surface area contributed by atoms with E-state index in [4.69, 9.17) is 10.5 Å². The molecular formula is C13H13BrN2O. The maximum Gasteiger partial charge on any atom is 0.219 e. The van der Waals surface area contributed by atoms with E-state index in [1.165, 1.54) is 0 Å². The molecule has 0 saturated carbocycles. The van der Waals surface area contributed by atoms with Crippen molar-refractivity contribution in [3.8, 4) is 11.6 Å². The van der Waals surface area contributed by atoms with Crippen molar-refractivity contribution in [1.29, 1.82) is 0 Å². The average Bonchev–Trinajstić information content (AvgIpc) is 2.33. The van der Waals surface area contributed by atoms with Crippen molar-refractivity contribution in [1.82, 2.24) is 4.98 Å². The molecule has 1 aromatic heterocycles. The average molecular weight is 293 g/mol. The van der Waals surface area contributed by atoms with E-state index >= 15 is 0 Å². The highest BCUT2D eigenvalue weighted by molar-refractivity contribution is 9.10. The Bertz CT molecular complexity index is 529. The molecular weight excluding hydrogens is 280 g/mol. The molecule has 1 heterocycles. The summed E-state index contributed by atoms with van der Waals surface area (Å²) in [7, 11) is 0. The highest BCUT2D eigenvalue weighted by Crippen LogP contribution is 2.26. The number of nitrogens with zero attached hydrogens (tertiary/aromatic N) is 1. The fourth-order valence-corrected chi connectivity index (χ4v) is 1.95. The van der Waals surface area contributed by atoms with Crippen molar-refractivity contribution in [3.63, 3.8) is 0 Å². The smallest absolute Gasteiger partial charge is 0.219 e. The van der Waals surface area contributed by atoms with Gasteiger partial charge in [-0.15, -0.1) is 0 Å². The molecule has 0 amide bonds. The molecule has 0 atom stereocenters. The first-order valence-corrected chi connectivity index (χ1v) is 6.07. The Morgan fingerprint density at radius 3 is 2.82 bits per heavy atom. The van der Waals surface area contributed by atoms with E-state index in [1.54, 1.807) is 6.20 Å². The number of aromatic nitrogens is 1. The highest BCUT2D eigenvalue weighted by atomic mass is 79.9. The SMILES string of the molecule is Cc1cc(Br)ccc1Oc1cc(CN)ccn1. The van der Waals surface area contributed by atoms with Crippen LogP contribution in [-0.4, -0.2) is 4.98 Å². The first kappa shape index (κ1) is 12.1. The molecule has 0 saturated heterocycles. The molecule has 0 aliphatic carbocycles. The van der Waals surface area contributed by atoms with Crippen LogP contribution in [0.3, 0.4) is 0 Å². The molecule has 0 unspecified atom stereocenters. The number of benzene rings is 1. The van der Waals surface area contributed by atoms with Gasteiger partial charge >= 0.3 is 0 Å². The number of ether oxygens (including phenoxy) is 1. The van der Waals surface area contributed by atoms with Gasteiger partial charge in [-0.3, -0.25) is 0 Å². The van der Waals surface area contributed by atoms with E-state index in [0.717, 1.165) is 21.3 Å². The summed E-state index contributed by atoms with van der Waals surface area (Å²) in [5.74, 6) is 1.37. The second-order valence-electron chi connectivity index (χ2n) is 3.72. The number of hydrogen-bond donors (Lipinski definition) is 1. The molecule has 17 heavy (non-hydrogen) atoms. The van der Waals surface area contributed by atoms with Crippen molar-refractivity contribution in [2.24, 2.45) is 5.73 Å². The minimum absolute atomic E-state index is 0.484. The summed E-state index contributed by atoms with van der Waals surface area (Å²) in [5.41, 5.74) is 7.63. The van der Waals surface area contributed by atoms with Gasteiger partial charge in [-0.05, 0) is 42.3 Å². The van der Waals surface area contributed by atoms with E-state index in [2.05, 4.69) is 20.9 Å². The normalized spacial score (nSPS) is 10.3. The van der Waals surface area contributed by atoms with Gasteiger partial charge in [0.15, 0.2) is 0 Å². The van der Waals surface area contributed by atoms with Crippen LogP contribution in [0.5, 0.6) is 11.6 Å². The van der Waals surface area contributed by atoms with Gasteiger partial charge in [0.05, 0.1) is 0 Å². The van der Waals surface area contributed by atoms with Crippen molar-refractivity contribution in [2.75, 3.05) is 0 Å². The minimum atomic E-state index is 0.484. The summed E-state index contributed by atoms with van der Waals surface area (Å²) < 4.78 is 6.75. The Morgan fingerprint density at radius 2 is 2.12 bits per heavy atom. The second-order valence-corrected chi connectivity index (χ2v) is 4.63. The van der Waals surface area contributed by atoms with Crippen LogP contribution in [0.2, 0.25) is 0 Å². The number of halogens is 1. The van der Waals surface area contributed by atoms with Crippen LogP contribution in [0, 0.1) is 6.92 Å². The molecule has 4 heteroatoms. The summed E-state index contributed by atoms with van der Waals surface area (Å²) in [6.07, 6.45) is 1.70. The Balaban J connectivity index is 2.25. The van der Waals surface area contributed by atoms with Gasteiger partial charge in [-0.1, -0.05) is 15.9 Å². The van der Waals surface area contributed by atoms with Crippen molar-refractivity contribution in [2.45, 2.75) is 13.5 Å². The number of rotatable bonds is 3. The fourth-order valence-electron chi connectivity index (χ4n) is 1.47. The summed E-state index contributed by atoms with van der Waals surface area (Å²) in [4.78, 5) is 4.16.